The number of hydrogen-bond acceptors (Lipinski definition) is 2. The van der Waals surface area contributed by atoms with Gasteiger partial charge in [-0.05, 0) is 48.5 Å². The van der Waals surface area contributed by atoms with Crippen LogP contribution in [0.1, 0.15) is 61.6 Å². The highest BCUT2D eigenvalue weighted by atomic mass is 35.5. The lowest BCUT2D eigenvalue weighted by Crippen LogP contribution is -2.47. The Balaban J connectivity index is 1.55. The number of carbonyl (C=O) groups excluding carboxylic acids is 1. The molecule has 144 valence electrons. The molecule has 2 aromatic rings. The van der Waals surface area contributed by atoms with E-state index >= 15 is 0 Å². The second-order valence-electron chi connectivity index (χ2n) is 9.03. The first kappa shape index (κ1) is 18.5. The summed E-state index contributed by atoms with van der Waals surface area (Å²) < 4.78 is 1.72. The van der Waals surface area contributed by atoms with Crippen molar-refractivity contribution in [2.24, 2.45) is 16.7 Å². The molecule has 3 unspecified atom stereocenters. The molecule has 0 spiro atoms. The molecule has 1 heterocycles. The summed E-state index contributed by atoms with van der Waals surface area (Å²) in [7, 11) is 0. The highest BCUT2D eigenvalue weighted by Gasteiger charge is 2.61. The zero-order chi connectivity index (χ0) is 19.4. The summed E-state index contributed by atoms with van der Waals surface area (Å²) in [5.74, 6) is 0.594. The van der Waals surface area contributed by atoms with E-state index in [-0.39, 0.29) is 22.8 Å². The van der Waals surface area contributed by atoms with E-state index in [1.54, 1.807) is 4.68 Å². The van der Waals surface area contributed by atoms with Crippen LogP contribution in [0.25, 0.3) is 0 Å². The van der Waals surface area contributed by atoms with Crippen molar-refractivity contribution < 1.29 is 4.79 Å². The molecule has 5 heteroatoms. The van der Waals surface area contributed by atoms with Crippen molar-refractivity contribution in [2.45, 2.75) is 59.5 Å². The maximum absolute atomic E-state index is 13.1. The van der Waals surface area contributed by atoms with Gasteiger partial charge >= 0.3 is 0 Å². The van der Waals surface area contributed by atoms with Crippen LogP contribution in [0.5, 0.6) is 0 Å². The van der Waals surface area contributed by atoms with Crippen LogP contribution >= 0.6 is 11.6 Å². The number of aryl methyl sites for hydroxylation is 1. The molecule has 0 radical (unpaired) electrons. The summed E-state index contributed by atoms with van der Waals surface area (Å²) in [6.45, 7) is 9.46. The molecule has 0 aliphatic heterocycles. The number of carbonyl (C=O) groups is 1. The monoisotopic (exact) mass is 385 g/mol. The zero-order valence-corrected chi connectivity index (χ0v) is 17.3. The van der Waals surface area contributed by atoms with Gasteiger partial charge in [0.25, 0.3) is 5.91 Å². The van der Waals surface area contributed by atoms with Crippen LogP contribution in [0, 0.1) is 23.7 Å². The maximum atomic E-state index is 13.1. The minimum absolute atomic E-state index is 0.0913. The predicted octanol–water partition coefficient (Wildman–Crippen LogP) is 4.84. The first-order valence-electron chi connectivity index (χ1n) is 9.82. The highest BCUT2D eigenvalue weighted by molar-refractivity contribution is 6.33. The van der Waals surface area contributed by atoms with E-state index in [1.807, 2.05) is 37.3 Å². The van der Waals surface area contributed by atoms with Gasteiger partial charge < -0.3 is 5.32 Å². The molecule has 2 aliphatic carbocycles. The number of rotatable bonds is 4. The fourth-order valence-electron chi connectivity index (χ4n) is 5.32. The van der Waals surface area contributed by atoms with Crippen LogP contribution in [0.2, 0.25) is 5.15 Å². The Hall–Kier alpha value is -1.81. The highest BCUT2D eigenvalue weighted by Crippen LogP contribution is 2.65. The van der Waals surface area contributed by atoms with Gasteiger partial charge in [-0.25, -0.2) is 4.68 Å². The molecule has 2 fully saturated rings. The van der Waals surface area contributed by atoms with Crippen LogP contribution in [0.15, 0.2) is 30.3 Å². The lowest BCUT2D eigenvalue weighted by molar-refractivity contribution is 0.0825. The number of benzene rings is 1. The molecule has 1 aromatic heterocycles. The van der Waals surface area contributed by atoms with Gasteiger partial charge in [0, 0.05) is 6.04 Å². The Morgan fingerprint density at radius 1 is 1.30 bits per heavy atom. The smallest absolute Gasteiger partial charge is 0.256 e. The molecule has 4 rings (SSSR count). The van der Waals surface area contributed by atoms with E-state index in [2.05, 4.69) is 31.2 Å². The second-order valence-corrected chi connectivity index (χ2v) is 9.39. The van der Waals surface area contributed by atoms with Gasteiger partial charge in [0.05, 0.1) is 17.8 Å². The van der Waals surface area contributed by atoms with Gasteiger partial charge in [-0.2, -0.15) is 5.10 Å². The standard InChI is InChI=1S/C22H28ClN3O/c1-14-18(19(23)26(25-14)13-15-8-6-5-7-9-15)20(27)24-17-12-16-10-11-22(17,4)21(16,2)3/h5-9,16-17H,10-13H2,1-4H3,(H,24,27). The number of nitrogens with zero attached hydrogens (tertiary/aromatic N) is 2. The molecule has 1 N–H and O–H groups in total. The molecule has 4 nitrogen and oxygen atoms in total. The van der Waals surface area contributed by atoms with Gasteiger partial charge in [0.1, 0.15) is 5.15 Å². The Bertz CT molecular complexity index is 873. The minimum Gasteiger partial charge on any atom is -0.349 e. The molecule has 1 amide bonds. The molecule has 1 aromatic carbocycles. The van der Waals surface area contributed by atoms with E-state index < -0.39 is 0 Å². The first-order chi connectivity index (χ1) is 12.7. The summed E-state index contributed by atoms with van der Waals surface area (Å²) in [5.41, 5.74) is 2.71. The number of amides is 1. The molecule has 3 atom stereocenters. The average Bonchev–Trinajstić information content (AvgIpc) is 3.09. The second kappa shape index (κ2) is 6.37. The van der Waals surface area contributed by atoms with E-state index in [9.17, 15) is 4.79 Å². The van der Waals surface area contributed by atoms with Crippen molar-refractivity contribution in [3.63, 3.8) is 0 Å². The largest absolute Gasteiger partial charge is 0.349 e. The lowest BCUT2D eigenvalue weighted by Gasteiger charge is -2.39. The third kappa shape index (κ3) is 2.80. The van der Waals surface area contributed by atoms with Crippen LogP contribution in [-0.4, -0.2) is 21.7 Å². The third-order valence-corrected chi connectivity index (χ3v) is 7.95. The first-order valence-corrected chi connectivity index (χ1v) is 10.2. The Kier molecular flexibility index (Phi) is 4.38. The summed E-state index contributed by atoms with van der Waals surface area (Å²) >= 11 is 6.57. The van der Waals surface area contributed by atoms with E-state index in [0.29, 0.717) is 28.9 Å². The normalized spacial score (nSPS) is 28.5. The summed E-state index contributed by atoms with van der Waals surface area (Å²) in [6.07, 6.45) is 3.50. The molecule has 2 saturated carbocycles. The Morgan fingerprint density at radius 3 is 2.59 bits per heavy atom. The van der Waals surface area contributed by atoms with Crippen LogP contribution in [0.3, 0.4) is 0 Å². The van der Waals surface area contributed by atoms with Crippen molar-refractivity contribution in [1.82, 2.24) is 15.1 Å². The number of hydrogen-bond donors (Lipinski definition) is 1. The minimum atomic E-state index is -0.0913. The lowest BCUT2D eigenvalue weighted by atomic mass is 9.69. The van der Waals surface area contributed by atoms with Crippen LogP contribution in [0.4, 0.5) is 0 Å². The van der Waals surface area contributed by atoms with Gasteiger partial charge in [0.15, 0.2) is 0 Å². The Morgan fingerprint density at radius 2 is 2.00 bits per heavy atom. The summed E-state index contributed by atoms with van der Waals surface area (Å²) in [6, 6.07) is 10.2. The van der Waals surface area contributed by atoms with Crippen molar-refractivity contribution in [2.75, 3.05) is 0 Å². The molecule has 2 aliphatic rings. The van der Waals surface area contributed by atoms with E-state index in [4.69, 9.17) is 11.6 Å². The van der Waals surface area contributed by atoms with Crippen molar-refractivity contribution >= 4 is 17.5 Å². The number of aromatic nitrogens is 2. The fourth-order valence-corrected chi connectivity index (χ4v) is 5.64. The molecular weight excluding hydrogens is 358 g/mol. The summed E-state index contributed by atoms with van der Waals surface area (Å²) in [5, 5.41) is 8.24. The van der Waals surface area contributed by atoms with Crippen LogP contribution < -0.4 is 5.32 Å². The SMILES string of the molecule is Cc1nn(Cc2ccccc2)c(Cl)c1C(=O)NC1CC2CCC1(C)C2(C)C. The van der Waals surface area contributed by atoms with E-state index in [1.165, 1.54) is 12.8 Å². The fraction of sp³-hybridized carbons (Fsp3) is 0.545. The predicted molar refractivity (Wildman–Crippen MR) is 108 cm³/mol. The molecule has 2 bridgehead atoms. The van der Waals surface area contributed by atoms with E-state index in [0.717, 1.165) is 12.0 Å². The van der Waals surface area contributed by atoms with Crippen molar-refractivity contribution in [3.05, 3.63) is 52.3 Å². The topological polar surface area (TPSA) is 46.9 Å². The van der Waals surface area contributed by atoms with Crippen LogP contribution in [-0.2, 0) is 6.54 Å². The Labute approximate surface area is 166 Å². The number of halogens is 1. The quantitative estimate of drug-likeness (QED) is 0.818. The van der Waals surface area contributed by atoms with Gasteiger partial charge in [0.2, 0.25) is 0 Å². The molecule has 27 heavy (non-hydrogen) atoms. The number of fused-ring (bicyclic) bond motifs is 2. The molecular formula is C22H28ClN3O. The average molecular weight is 386 g/mol. The summed E-state index contributed by atoms with van der Waals surface area (Å²) in [4.78, 5) is 13.1. The zero-order valence-electron chi connectivity index (χ0n) is 16.6. The van der Waals surface area contributed by atoms with Crippen molar-refractivity contribution in [3.8, 4) is 0 Å². The maximum Gasteiger partial charge on any atom is 0.256 e. The number of nitrogens with one attached hydrogen (secondary N) is 1. The third-order valence-electron chi connectivity index (χ3n) is 7.57. The van der Waals surface area contributed by atoms with Gasteiger partial charge in [-0.1, -0.05) is 62.7 Å². The van der Waals surface area contributed by atoms with Crippen molar-refractivity contribution in [1.29, 1.82) is 0 Å². The van der Waals surface area contributed by atoms with Gasteiger partial charge in [-0.3, -0.25) is 4.79 Å². The molecule has 0 saturated heterocycles. The van der Waals surface area contributed by atoms with Gasteiger partial charge in [-0.15, -0.1) is 0 Å².